The highest BCUT2D eigenvalue weighted by Gasteiger charge is 2.23. The van der Waals surface area contributed by atoms with Gasteiger partial charge in [-0.2, -0.15) is 0 Å². The standard InChI is InChI=1S/C9H9IN2O/c10-7-3-1-5-11-9(7)12-6-2-4-8(12)13/h1,3,5H,2,4,6H2. The quantitative estimate of drug-likeness (QED) is 0.738. The second-order valence-corrected chi connectivity index (χ2v) is 4.12. The van der Waals surface area contributed by atoms with Crippen LogP contribution in [0.5, 0.6) is 0 Å². The van der Waals surface area contributed by atoms with Crippen LogP contribution in [0.4, 0.5) is 5.82 Å². The van der Waals surface area contributed by atoms with Crippen molar-refractivity contribution >= 4 is 34.3 Å². The van der Waals surface area contributed by atoms with Crippen molar-refractivity contribution in [1.82, 2.24) is 4.98 Å². The molecule has 1 aliphatic rings. The van der Waals surface area contributed by atoms with Gasteiger partial charge in [0.05, 0.1) is 3.57 Å². The van der Waals surface area contributed by atoms with Gasteiger partial charge in [0.2, 0.25) is 5.91 Å². The molecule has 2 heterocycles. The summed E-state index contributed by atoms with van der Waals surface area (Å²) in [7, 11) is 0. The third-order valence-corrected chi connectivity index (χ3v) is 2.91. The Labute approximate surface area is 90.3 Å². The molecular formula is C9H9IN2O. The summed E-state index contributed by atoms with van der Waals surface area (Å²) in [6.45, 7) is 0.811. The lowest BCUT2D eigenvalue weighted by molar-refractivity contribution is -0.117. The third-order valence-electron chi connectivity index (χ3n) is 2.07. The van der Waals surface area contributed by atoms with Gasteiger partial charge in [0.25, 0.3) is 0 Å². The Hall–Kier alpha value is -0.650. The van der Waals surface area contributed by atoms with Crippen LogP contribution in [0, 0.1) is 3.57 Å². The van der Waals surface area contributed by atoms with Crippen LogP contribution < -0.4 is 4.90 Å². The zero-order chi connectivity index (χ0) is 9.26. The zero-order valence-electron chi connectivity index (χ0n) is 7.03. The molecule has 0 radical (unpaired) electrons. The fourth-order valence-corrected chi connectivity index (χ4v) is 2.09. The molecule has 1 fully saturated rings. The average Bonchev–Trinajstić information content (AvgIpc) is 2.52. The molecule has 1 saturated heterocycles. The number of hydrogen-bond donors (Lipinski definition) is 0. The summed E-state index contributed by atoms with van der Waals surface area (Å²) >= 11 is 2.20. The molecule has 3 nitrogen and oxygen atoms in total. The van der Waals surface area contributed by atoms with Crippen molar-refractivity contribution in [3.8, 4) is 0 Å². The van der Waals surface area contributed by atoms with E-state index in [1.54, 1.807) is 11.1 Å². The van der Waals surface area contributed by atoms with E-state index in [0.29, 0.717) is 6.42 Å². The number of anilines is 1. The molecule has 1 amide bonds. The molecular weight excluding hydrogens is 279 g/mol. The van der Waals surface area contributed by atoms with Crippen LogP contribution in [0.2, 0.25) is 0 Å². The molecule has 0 aromatic carbocycles. The first-order valence-electron chi connectivity index (χ1n) is 4.20. The molecule has 0 unspecified atom stereocenters. The number of amides is 1. The minimum Gasteiger partial charge on any atom is -0.296 e. The van der Waals surface area contributed by atoms with Crippen molar-refractivity contribution in [3.05, 3.63) is 21.9 Å². The van der Waals surface area contributed by atoms with Crippen molar-refractivity contribution in [2.45, 2.75) is 12.8 Å². The Morgan fingerprint density at radius 3 is 3.00 bits per heavy atom. The van der Waals surface area contributed by atoms with Gasteiger partial charge in [-0.3, -0.25) is 9.69 Å². The van der Waals surface area contributed by atoms with Crippen molar-refractivity contribution in [3.63, 3.8) is 0 Å². The molecule has 0 saturated carbocycles. The lowest BCUT2D eigenvalue weighted by Gasteiger charge is -2.15. The number of pyridine rings is 1. The van der Waals surface area contributed by atoms with Crippen LogP contribution in [0.25, 0.3) is 0 Å². The second kappa shape index (κ2) is 3.61. The van der Waals surface area contributed by atoms with E-state index in [1.807, 2.05) is 12.1 Å². The number of carbonyl (C=O) groups is 1. The average molecular weight is 288 g/mol. The number of aromatic nitrogens is 1. The topological polar surface area (TPSA) is 33.2 Å². The predicted molar refractivity (Wildman–Crippen MR) is 58.5 cm³/mol. The van der Waals surface area contributed by atoms with E-state index in [9.17, 15) is 4.79 Å². The molecule has 13 heavy (non-hydrogen) atoms. The van der Waals surface area contributed by atoms with Gasteiger partial charge >= 0.3 is 0 Å². The normalized spacial score (nSPS) is 16.7. The van der Waals surface area contributed by atoms with Crippen LogP contribution >= 0.6 is 22.6 Å². The highest BCUT2D eigenvalue weighted by molar-refractivity contribution is 14.1. The summed E-state index contributed by atoms with van der Waals surface area (Å²) in [5.74, 6) is 1.00. The van der Waals surface area contributed by atoms with Gasteiger partial charge < -0.3 is 0 Å². The third kappa shape index (κ3) is 1.67. The van der Waals surface area contributed by atoms with Gasteiger partial charge in [0, 0.05) is 19.2 Å². The molecule has 68 valence electrons. The smallest absolute Gasteiger partial charge is 0.228 e. The molecule has 4 heteroatoms. The largest absolute Gasteiger partial charge is 0.296 e. The summed E-state index contributed by atoms with van der Waals surface area (Å²) in [5.41, 5.74) is 0. The SMILES string of the molecule is O=C1CCCN1c1ncccc1I. The van der Waals surface area contributed by atoms with E-state index in [-0.39, 0.29) is 5.91 Å². The Morgan fingerprint density at radius 2 is 2.38 bits per heavy atom. The molecule has 2 rings (SSSR count). The van der Waals surface area contributed by atoms with E-state index in [1.165, 1.54) is 0 Å². The first kappa shape index (κ1) is 8.93. The number of carbonyl (C=O) groups excluding carboxylic acids is 1. The minimum atomic E-state index is 0.191. The number of rotatable bonds is 1. The zero-order valence-corrected chi connectivity index (χ0v) is 9.19. The Bertz CT molecular complexity index is 340. The van der Waals surface area contributed by atoms with Crippen LogP contribution in [0.15, 0.2) is 18.3 Å². The van der Waals surface area contributed by atoms with E-state index in [2.05, 4.69) is 27.6 Å². The summed E-state index contributed by atoms with van der Waals surface area (Å²) in [4.78, 5) is 17.4. The lowest BCUT2D eigenvalue weighted by atomic mass is 10.4. The van der Waals surface area contributed by atoms with E-state index >= 15 is 0 Å². The highest BCUT2D eigenvalue weighted by Crippen LogP contribution is 2.23. The number of nitrogens with zero attached hydrogens (tertiary/aromatic N) is 2. The van der Waals surface area contributed by atoms with Crippen LogP contribution in [0.1, 0.15) is 12.8 Å². The molecule has 0 aliphatic carbocycles. The molecule has 0 bridgehead atoms. The molecule has 0 spiro atoms. The summed E-state index contributed by atoms with van der Waals surface area (Å²) < 4.78 is 1.04. The second-order valence-electron chi connectivity index (χ2n) is 2.96. The fraction of sp³-hybridized carbons (Fsp3) is 0.333. The predicted octanol–water partition coefficient (Wildman–Crippen LogP) is 1.81. The first-order chi connectivity index (χ1) is 6.29. The molecule has 0 atom stereocenters. The van der Waals surface area contributed by atoms with Gasteiger partial charge in [-0.15, -0.1) is 0 Å². The van der Waals surface area contributed by atoms with E-state index < -0.39 is 0 Å². The van der Waals surface area contributed by atoms with Gasteiger partial charge in [0.1, 0.15) is 5.82 Å². The van der Waals surface area contributed by atoms with Gasteiger partial charge in [-0.05, 0) is 41.1 Å². The number of hydrogen-bond acceptors (Lipinski definition) is 2. The first-order valence-corrected chi connectivity index (χ1v) is 5.28. The van der Waals surface area contributed by atoms with Crippen molar-refractivity contribution in [2.24, 2.45) is 0 Å². The van der Waals surface area contributed by atoms with Gasteiger partial charge in [-0.25, -0.2) is 4.98 Å². The maximum absolute atomic E-state index is 11.4. The molecule has 0 N–H and O–H groups in total. The van der Waals surface area contributed by atoms with Crippen LogP contribution in [0.3, 0.4) is 0 Å². The van der Waals surface area contributed by atoms with Gasteiger partial charge in [0.15, 0.2) is 0 Å². The summed E-state index contributed by atoms with van der Waals surface area (Å²) in [5, 5.41) is 0. The van der Waals surface area contributed by atoms with Crippen molar-refractivity contribution in [2.75, 3.05) is 11.4 Å². The minimum absolute atomic E-state index is 0.191. The maximum atomic E-state index is 11.4. The van der Waals surface area contributed by atoms with E-state index in [0.717, 1.165) is 22.4 Å². The van der Waals surface area contributed by atoms with E-state index in [4.69, 9.17) is 0 Å². The monoisotopic (exact) mass is 288 g/mol. The Kier molecular flexibility index (Phi) is 2.48. The van der Waals surface area contributed by atoms with Gasteiger partial charge in [-0.1, -0.05) is 0 Å². The summed E-state index contributed by atoms with van der Waals surface area (Å²) in [6.07, 6.45) is 3.33. The van der Waals surface area contributed by atoms with Crippen LogP contribution in [-0.2, 0) is 4.79 Å². The molecule has 1 aliphatic heterocycles. The number of halogens is 1. The molecule has 1 aromatic heterocycles. The van der Waals surface area contributed by atoms with Crippen LogP contribution in [-0.4, -0.2) is 17.4 Å². The molecule has 1 aromatic rings. The lowest BCUT2D eigenvalue weighted by Crippen LogP contribution is -2.25. The van der Waals surface area contributed by atoms with Crippen molar-refractivity contribution in [1.29, 1.82) is 0 Å². The fourth-order valence-electron chi connectivity index (χ4n) is 1.45. The summed E-state index contributed by atoms with van der Waals surface area (Å²) in [6, 6.07) is 3.85. The maximum Gasteiger partial charge on any atom is 0.228 e. The van der Waals surface area contributed by atoms with Crippen molar-refractivity contribution < 1.29 is 4.79 Å². The Morgan fingerprint density at radius 1 is 1.54 bits per heavy atom. The Balaban J connectivity index is 2.34. The highest BCUT2D eigenvalue weighted by atomic mass is 127.